The van der Waals surface area contributed by atoms with E-state index in [1.165, 1.54) is 0 Å². The SMILES string of the molecule is C=CCCCOC1O[C@H](COCc2ccccc2)[C@H](OCc2ccccc2)[C@H](O)[C@H]1NC(=O)C(Cl)(Cl)Cl. The van der Waals surface area contributed by atoms with E-state index >= 15 is 0 Å². The highest BCUT2D eigenvalue weighted by Crippen LogP contribution is 2.30. The second-order valence-corrected chi connectivity index (χ2v) is 10.9. The van der Waals surface area contributed by atoms with Crippen LogP contribution in [0.3, 0.4) is 0 Å². The van der Waals surface area contributed by atoms with Crippen molar-refractivity contribution in [3.8, 4) is 0 Å². The molecule has 202 valence electrons. The Morgan fingerprint density at radius 3 is 2.24 bits per heavy atom. The molecule has 37 heavy (non-hydrogen) atoms. The number of nitrogens with one attached hydrogen (secondary N) is 1. The lowest BCUT2D eigenvalue weighted by atomic mass is 9.96. The maximum Gasteiger partial charge on any atom is 0.272 e. The quantitative estimate of drug-likeness (QED) is 0.205. The van der Waals surface area contributed by atoms with Crippen LogP contribution in [0.1, 0.15) is 24.0 Å². The monoisotopic (exact) mass is 571 g/mol. The highest BCUT2D eigenvalue weighted by atomic mass is 35.6. The number of benzene rings is 2. The summed E-state index contributed by atoms with van der Waals surface area (Å²) in [6, 6.07) is 18.1. The number of unbranched alkanes of at least 4 members (excludes halogenated alkanes) is 1. The topological polar surface area (TPSA) is 86.2 Å². The van der Waals surface area contributed by atoms with E-state index in [4.69, 9.17) is 53.8 Å². The largest absolute Gasteiger partial charge is 0.388 e. The van der Waals surface area contributed by atoms with Gasteiger partial charge < -0.3 is 29.4 Å². The van der Waals surface area contributed by atoms with Crippen molar-refractivity contribution in [1.82, 2.24) is 5.32 Å². The number of allylic oxidation sites excluding steroid dienone is 1. The molecule has 2 N–H and O–H groups in total. The molecule has 7 nitrogen and oxygen atoms in total. The number of aliphatic hydroxyl groups excluding tert-OH is 1. The van der Waals surface area contributed by atoms with Crippen molar-refractivity contribution < 1.29 is 28.8 Å². The van der Waals surface area contributed by atoms with Gasteiger partial charge in [-0.2, -0.15) is 0 Å². The molecule has 1 heterocycles. The van der Waals surface area contributed by atoms with Crippen molar-refractivity contribution in [3.63, 3.8) is 0 Å². The van der Waals surface area contributed by atoms with Crippen molar-refractivity contribution in [2.75, 3.05) is 13.2 Å². The average molecular weight is 573 g/mol. The van der Waals surface area contributed by atoms with E-state index in [1.54, 1.807) is 6.08 Å². The fraction of sp³-hybridized carbons (Fsp3) is 0.444. The summed E-state index contributed by atoms with van der Waals surface area (Å²) < 4.78 is 21.9. The number of hydrogen-bond acceptors (Lipinski definition) is 6. The van der Waals surface area contributed by atoms with Gasteiger partial charge in [0, 0.05) is 0 Å². The average Bonchev–Trinajstić information content (AvgIpc) is 2.88. The first-order valence-corrected chi connectivity index (χ1v) is 13.1. The Hall–Kier alpha value is -1.68. The number of rotatable bonds is 13. The standard InChI is InChI=1S/C27H32Cl3NO6/c1-2-3-10-15-35-25-22(31-26(33)27(28,29)30)23(32)24(36-17-20-13-8-5-9-14-20)21(37-25)18-34-16-19-11-6-4-7-12-19/h2,4-9,11-14,21-25,32H,1,3,10,15-18H2,(H,31,33)/t21-,22-,23-,24+,25?/m1/s1. The number of hydrogen-bond donors (Lipinski definition) is 2. The van der Waals surface area contributed by atoms with Gasteiger partial charge in [0.2, 0.25) is 0 Å². The zero-order valence-electron chi connectivity index (χ0n) is 20.3. The van der Waals surface area contributed by atoms with Crippen LogP contribution in [0.25, 0.3) is 0 Å². The molecule has 10 heteroatoms. The Morgan fingerprint density at radius 2 is 1.65 bits per heavy atom. The minimum Gasteiger partial charge on any atom is -0.388 e. The Labute approximate surface area is 232 Å². The lowest BCUT2D eigenvalue weighted by molar-refractivity contribution is -0.282. The van der Waals surface area contributed by atoms with E-state index in [0.29, 0.717) is 19.6 Å². The van der Waals surface area contributed by atoms with Crippen molar-refractivity contribution in [1.29, 1.82) is 0 Å². The number of alkyl halides is 3. The molecule has 2 aromatic rings. The highest BCUT2D eigenvalue weighted by molar-refractivity contribution is 6.76. The molecule has 1 fully saturated rings. The molecule has 1 amide bonds. The Bertz CT molecular complexity index is 960. The fourth-order valence-corrected chi connectivity index (χ4v) is 4.01. The second kappa shape index (κ2) is 15.0. The number of ether oxygens (including phenoxy) is 4. The fourth-order valence-electron chi connectivity index (χ4n) is 3.85. The Morgan fingerprint density at radius 1 is 1.03 bits per heavy atom. The van der Waals surface area contributed by atoms with E-state index in [9.17, 15) is 9.90 Å². The molecule has 1 unspecified atom stereocenters. The van der Waals surface area contributed by atoms with Gasteiger partial charge in [-0.05, 0) is 24.0 Å². The maximum atomic E-state index is 12.5. The molecule has 5 atom stereocenters. The van der Waals surface area contributed by atoms with Crippen LogP contribution >= 0.6 is 34.8 Å². The van der Waals surface area contributed by atoms with Crippen LogP contribution in [-0.2, 0) is 37.0 Å². The minimum atomic E-state index is -2.23. The van der Waals surface area contributed by atoms with Crippen molar-refractivity contribution >= 4 is 40.7 Å². The molecule has 1 aliphatic rings. The summed E-state index contributed by atoms with van der Waals surface area (Å²) >= 11 is 17.3. The van der Waals surface area contributed by atoms with Crippen LogP contribution in [-0.4, -0.2) is 58.7 Å². The molecule has 1 aliphatic heterocycles. The van der Waals surface area contributed by atoms with Crippen molar-refractivity contribution in [2.45, 2.75) is 60.5 Å². The third kappa shape index (κ3) is 9.53. The molecule has 2 aromatic carbocycles. The van der Waals surface area contributed by atoms with E-state index in [-0.39, 0.29) is 13.2 Å². The van der Waals surface area contributed by atoms with Crippen LogP contribution in [0, 0.1) is 0 Å². The third-order valence-electron chi connectivity index (χ3n) is 5.74. The van der Waals surface area contributed by atoms with Crippen LogP contribution in [0.2, 0.25) is 0 Å². The number of halogens is 3. The number of amides is 1. The summed E-state index contributed by atoms with van der Waals surface area (Å²) in [6.45, 7) is 4.67. The van der Waals surface area contributed by atoms with Crippen molar-refractivity contribution in [3.05, 3.63) is 84.4 Å². The molecule has 0 radical (unpaired) electrons. The van der Waals surface area contributed by atoms with E-state index in [0.717, 1.165) is 17.5 Å². The van der Waals surface area contributed by atoms with Crippen molar-refractivity contribution in [2.24, 2.45) is 0 Å². The first kappa shape index (κ1) is 29.9. The van der Waals surface area contributed by atoms with Gasteiger partial charge >= 0.3 is 0 Å². The molecule has 1 saturated heterocycles. The van der Waals surface area contributed by atoms with Crippen LogP contribution in [0.4, 0.5) is 0 Å². The minimum absolute atomic E-state index is 0.114. The predicted octanol–water partition coefficient (Wildman–Crippen LogP) is 4.71. The molecular formula is C27H32Cl3NO6. The van der Waals surface area contributed by atoms with Crippen LogP contribution in [0.15, 0.2) is 73.3 Å². The smallest absolute Gasteiger partial charge is 0.272 e. The Balaban J connectivity index is 1.77. The van der Waals surface area contributed by atoms with E-state index in [2.05, 4.69) is 11.9 Å². The number of carbonyl (C=O) groups excluding carboxylic acids is 1. The molecule has 3 rings (SSSR count). The molecule has 0 saturated carbocycles. The van der Waals surface area contributed by atoms with Crippen LogP contribution < -0.4 is 5.32 Å². The summed E-state index contributed by atoms with van der Waals surface area (Å²) in [5, 5.41) is 13.9. The first-order chi connectivity index (χ1) is 17.8. The Kier molecular flexibility index (Phi) is 12.1. The summed E-state index contributed by atoms with van der Waals surface area (Å²) in [6.07, 6.45) is -0.671. The highest BCUT2D eigenvalue weighted by Gasteiger charge is 2.48. The number of carbonyl (C=O) groups is 1. The van der Waals surface area contributed by atoms with E-state index in [1.807, 2.05) is 60.7 Å². The normalized spacial score (nSPS) is 23.9. The summed E-state index contributed by atoms with van der Waals surface area (Å²) in [5.41, 5.74) is 1.90. The third-order valence-corrected chi connectivity index (χ3v) is 6.26. The molecule has 0 spiro atoms. The zero-order valence-corrected chi connectivity index (χ0v) is 22.6. The number of aliphatic hydroxyl groups is 1. The summed E-state index contributed by atoms with van der Waals surface area (Å²) in [7, 11) is 0. The van der Waals surface area contributed by atoms with Gasteiger partial charge in [-0.15, -0.1) is 6.58 Å². The van der Waals surface area contributed by atoms with Gasteiger partial charge in [-0.1, -0.05) is 102 Å². The van der Waals surface area contributed by atoms with Crippen LogP contribution in [0.5, 0.6) is 0 Å². The zero-order chi connectivity index (χ0) is 26.7. The van der Waals surface area contributed by atoms with Gasteiger partial charge in [0.15, 0.2) is 6.29 Å². The van der Waals surface area contributed by atoms with E-state index < -0.39 is 40.3 Å². The van der Waals surface area contributed by atoms with Gasteiger partial charge in [-0.3, -0.25) is 4.79 Å². The summed E-state index contributed by atoms with van der Waals surface area (Å²) in [4.78, 5) is 12.5. The van der Waals surface area contributed by atoms with Gasteiger partial charge in [0.25, 0.3) is 9.70 Å². The van der Waals surface area contributed by atoms with Gasteiger partial charge in [0.1, 0.15) is 24.4 Å². The summed E-state index contributed by atoms with van der Waals surface area (Å²) in [5.74, 6) is -0.912. The molecular weight excluding hydrogens is 541 g/mol. The van der Waals surface area contributed by atoms with Gasteiger partial charge in [-0.25, -0.2) is 0 Å². The van der Waals surface area contributed by atoms with Gasteiger partial charge in [0.05, 0.1) is 26.4 Å². The lowest BCUT2D eigenvalue weighted by Crippen LogP contribution is -2.66. The predicted molar refractivity (Wildman–Crippen MR) is 143 cm³/mol. The first-order valence-electron chi connectivity index (χ1n) is 12.0. The molecule has 0 bridgehead atoms. The maximum absolute atomic E-state index is 12.5. The molecule has 0 aromatic heterocycles. The lowest BCUT2D eigenvalue weighted by Gasteiger charge is -2.44. The molecule has 0 aliphatic carbocycles. The second-order valence-electron chi connectivity index (χ2n) is 8.59.